The summed E-state index contributed by atoms with van der Waals surface area (Å²) in [6.45, 7) is 1.69. The van der Waals surface area contributed by atoms with Gasteiger partial charge in [-0.2, -0.15) is 0 Å². The van der Waals surface area contributed by atoms with Crippen molar-refractivity contribution < 1.29 is 9.53 Å². The molecule has 2 aromatic rings. The van der Waals surface area contributed by atoms with Gasteiger partial charge in [-0.3, -0.25) is 4.79 Å². The lowest BCUT2D eigenvalue weighted by Gasteiger charge is -2.07. The van der Waals surface area contributed by atoms with E-state index >= 15 is 0 Å². The highest BCUT2D eigenvalue weighted by atomic mass is 79.9. The smallest absolute Gasteiger partial charge is 0.263 e. The Morgan fingerprint density at radius 2 is 2.26 bits per heavy atom. The van der Waals surface area contributed by atoms with Crippen molar-refractivity contribution in [3.8, 4) is 5.75 Å². The number of rotatable bonds is 4. The summed E-state index contributed by atoms with van der Waals surface area (Å²) in [5, 5.41) is 2.64. The van der Waals surface area contributed by atoms with Crippen molar-refractivity contribution >= 4 is 27.7 Å². The number of hydrogen-bond donors (Lipinski definition) is 1. The molecule has 1 aromatic heterocycles. The number of carbonyl (C=O) groups is 1. The molecule has 0 radical (unpaired) electrons. The average molecular weight is 322 g/mol. The number of halogens is 1. The second kappa shape index (κ2) is 6.29. The number of hydrogen-bond acceptors (Lipinski definition) is 4. The van der Waals surface area contributed by atoms with Gasteiger partial charge < -0.3 is 10.1 Å². The van der Waals surface area contributed by atoms with Crippen LogP contribution in [0.5, 0.6) is 5.75 Å². The third-order valence-electron chi connectivity index (χ3n) is 2.21. The lowest BCUT2D eigenvalue weighted by molar-refractivity contribution is -0.118. The first-order valence-electron chi connectivity index (χ1n) is 5.61. The first-order valence-corrected chi connectivity index (χ1v) is 6.40. The van der Waals surface area contributed by atoms with Crippen molar-refractivity contribution in [2.75, 3.05) is 11.9 Å². The molecule has 2 rings (SSSR count). The summed E-state index contributed by atoms with van der Waals surface area (Å²) >= 11 is 3.33. The number of benzene rings is 1. The third-order valence-corrected chi connectivity index (χ3v) is 2.70. The van der Waals surface area contributed by atoms with E-state index in [1.165, 1.54) is 0 Å². The van der Waals surface area contributed by atoms with Crippen molar-refractivity contribution in [3.05, 3.63) is 46.8 Å². The number of aromatic nitrogens is 2. The largest absolute Gasteiger partial charge is 0.484 e. The minimum atomic E-state index is -0.266. The molecule has 0 aliphatic carbocycles. The van der Waals surface area contributed by atoms with E-state index in [0.29, 0.717) is 17.4 Å². The van der Waals surface area contributed by atoms with Crippen LogP contribution in [0.25, 0.3) is 0 Å². The fourth-order valence-corrected chi connectivity index (χ4v) is 1.79. The molecular formula is C13H12BrN3O2. The van der Waals surface area contributed by atoms with Gasteiger partial charge in [0.2, 0.25) is 0 Å². The Balaban J connectivity index is 1.88. The Hall–Kier alpha value is -1.95. The maximum Gasteiger partial charge on any atom is 0.263 e. The quantitative estimate of drug-likeness (QED) is 0.940. The Kier molecular flexibility index (Phi) is 4.46. The van der Waals surface area contributed by atoms with Crippen LogP contribution in [0.3, 0.4) is 0 Å². The van der Waals surface area contributed by atoms with E-state index < -0.39 is 0 Å². The lowest BCUT2D eigenvalue weighted by Crippen LogP contribution is -2.21. The molecule has 19 heavy (non-hydrogen) atoms. The van der Waals surface area contributed by atoms with Gasteiger partial charge in [0.1, 0.15) is 17.4 Å². The molecule has 98 valence electrons. The van der Waals surface area contributed by atoms with Gasteiger partial charge in [0, 0.05) is 10.7 Å². The van der Waals surface area contributed by atoms with E-state index in [9.17, 15) is 4.79 Å². The van der Waals surface area contributed by atoms with Crippen LogP contribution in [0, 0.1) is 6.92 Å². The van der Waals surface area contributed by atoms with E-state index in [1.54, 1.807) is 31.3 Å². The number of anilines is 1. The summed E-state index contributed by atoms with van der Waals surface area (Å²) in [6, 6.07) is 8.93. The van der Waals surface area contributed by atoms with Crippen LogP contribution in [0.4, 0.5) is 5.82 Å². The maximum atomic E-state index is 11.7. The molecule has 0 bridgehead atoms. The minimum Gasteiger partial charge on any atom is -0.484 e. The van der Waals surface area contributed by atoms with Crippen LogP contribution in [0.1, 0.15) is 5.82 Å². The summed E-state index contributed by atoms with van der Waals surface area (Å²) in [4.78, 5) is 19.7. The van der Waals surface area contributed by atoms with E-state index in [1.807, 2.05) is 12.1 Å². The summed E-state index contributed by atoms with van der Waals surface area (Å²) < 4.78 is 6.27. The van der Waals surface area contributed by atoms with E-state index in [0.717, 1.165) is 4.47 Å². The first kappa shape index (κ1) is 13.5. The molecule has 0 unspecified atom stereocenters. The average Bonchev–Trinajstić information content (AvgIpc) is 2.36. The second-order valence-electron chi connectivity index (χ2n) is 3.78. The van der Waals surface area contributed by atoms with Crippen LogP contribution >= 0.6 is 15.9 Å². The molecule has 0 saturated carbocycles. The molecule has 0 spiro atoms. The number of carbonyl (C=O) groups excluding carboxylic acids is 1. The Morgan fingerprint density at radius 1 is 1.42 bits per heavy atom. The fraction of sp³-hybridized carbons (Fsp3) is 0.154. The topological polar surface area (TPSA) is 64.1 Å². The number of ether oxygens (including phenoxy) is 1. The van der Waals surface area contributed by atoms with Gasteiger partial charge in [0.05, 0.1) is 0 Å². The van der Waals surface area contributed by atoms with E-state index in [4.69, 9.17) is 4.74 Å². The SMILES string of the molecule is Cc1nccc(NC(=O)COc2cccc(Br)c2)n1. The van der Waals surface area contributed by atoms with Crippen molar-refractivity contribution in [3.63, 3.8) is 0 Å². The zero-order valence-corrected chi connectivity index (χ0v) is 11.8. The lowest BCUT2D eigenvalue weighted by atomic mass is 10.3. The molecule has 5 nitrogen and oxygen atoms in total. The Labute approximate surface area is 119 Å². The molecule has 1 amide bonds. The highest BCUT2D eigenvalue weighted by Gasteiger charge is 2.05. The Morgan fingerprint density at radius 3 is 3.00 bits per heavy atom. The standard InChI is InChI=1S/C13H12BrN3O2/c1-9-15-6-5-12(16-9)17-13(18)8-19-11-4-2-3-10(14)7-11/h2-7H,8H2,1H3,(H,15,16,17,18). The monoisotopic (exact) mass is 321 g/mol. The molecular weight excluding hydrogens is 310 g/mol. The molecule has 6 heteroatoms. The number of nitrogens with zero attached hydrogens (tertiary/aromatic N) is 2. The number of nitrogens with one attached hydrogen (secondary N) is 1. The highest BCUT2D eigenvalue weighted by molar-refractivity contribution is 9.10. The maximum absolute atomic E-state index is 11.7. The van der Waals surface area contributed by atoms with Crippen molar-refractivity contribution in [2.24, 2.45) is 0 Å². The van der Waals surface area contributed by atoms with Gasteiger partial charge in [0.25, 0.3) is 5.91 Å². The summed E-state index contributed by atoms with van der Waals surface area (Å²) in [5.74, 6) is 1.43. The number of aryl methyl sites for hydroxylation is 1. The predicted octanol–water partition coefficient (Wildman–Crippen LogP) is 2.57. The second-order valence-corrected chi connectivity index (χ2v) is 4.70. The molecule has 1 N–H and O–H groups in total. The zero-order valence-electron chi connectivity index (χ0n) is 10.3. The van der Waals surface area contributed by atoms with Crippen molar-refractivity contribution in [2.45, 2.75) is 6.92 Å². The molecule has 0 fully saturated rings. The van der Waals surface area contributed by atoms with Gasteiger partial charge in [-0.1, -0.05) is 22.0 Å². The van der Waals surface area contributed by atoms with E-state index in [2.05, 4.69) is 31.2 Å². The van der Waals surface area contributed by atoms with Crippen LogP contribution in [-0.4, -0.2) is 22.5 Å². The fourth-order valence-electron chi connectivity index (χ4n) is 1.41. The highest BCUT2D eigenvalue weighted by Crippen LogP contribution is 2.17. The molecule has 0 aliphatic rings. The van der Waals surface area contributed by atoms with Gasteiger partial charge in [0.15, 0.2) is 6.61 Å². The van der Waals surface area contributed by atoms with Gasteiger partial charge in [-0.15, -0.1) is 0 Å². The summed E-state index contributed by atoms with van der Waals surface area (Å²) in [5.41, 5.74) is 0. The molecule has 0 aliphatic heterocycles. The first-order chi connectivity index (χ1) is 9.13. The van der Waals surface area contributed by atoms with Gasteiger partial charge in [-0.05, 0) is 31.2 Å². The van der Waals surface area contributed by atoms with Crippen LogP contribution in [-0.2, 0) is 4.79 Å². The van der Waals surface area contributed by atoms with Gasteiger partial charge in [-0.25, -0.2) is 9.97 Å². The number of amides is 1. The van der Waals surface area contributed by atoms with Crippen molar-refractivity contribution in [1.82, 2.24) is 9.97 Å². The molecule has 0 atom stereocenters. The van der Waals surface area contributed by atoms with Crippen molar-refractivity contribution in [1.29, 1.82) is 0 Å². The molecule has 1 heterocycles. The van der Waals surface area contributed by atoms with Gasteiger partial charge >= 0.3 is 0 Å². The van der Waals surface area contributed by atoms with Crippen LogP contribution < -0.4 is 10.1 Å². The zero-order chi connectivity index (χ0) is 13.7. The third kappa shape index (κ3) is 4.33. The van der Waals surface area contributed by atoms with E-state index in [-0.39, 0.29) is 12.5 Å². The van der Waals surface area contributed by atoms with Crippen LogP contribution in [0.15, 0.2) is 41.0 Å². The summed E-state index contributed by atoms with van der Waals surface area (Å²) in [7, 11) is 0. The minimum absolute atomic E-state index is 0.0699. The summed E-state index contributed by atoms with van der Waals surface area (Å²) in [6.07, 6.45) is 1.59. The Bertz CT molecular complexity index is 590. The van der Waals surface area contributed by atoms with Crippen LogP contribution in [0.2, 0.25) is 0 Å². The molecule has 1 aromatic carbocycles. The molecule has 0 saturated heterocycles. The normalized spacial score (nSPS) is 10.0. The predicted molar refractivity (Wildman–Crippen MR) is 75.0 cm³/mol.